The first kappa shape index (κ1) is 26.5. The zero-order valence-electron chi connectivity index (χ0n) is 20.9. The summed E-state index contributed by atoms with van der Waals surface area (Å²) in [5, 5.41) is 17.6. The molecule has 9 heteroatoms. The van der Waals surface area contributed by atoms with E-state index >= 15 is 0 Å². The number of hydrogen-bond donors (Lipinski definition) is 3. The van der Waals surface area contributed by atoms with E-state index in [0.717, 1.165) is 11.1 Å². The number of benzene rings is 3. The van der Waals surface area contributed by atoms with Crippen molar-refractivity contribution in [3.8, 4) is 5.75 Å². The Balaban J connectivity index is 1.55. The highest BCUT2D eigenvalue weighted by Gasteiger charge is 2.61. The van der Waals surface area contributed by atoms with Gasteiger partial charge in [-0.05, 0) is 79.3 Å². The lowest BCUT2D eigenvalue weighted by Crippen LogP contribution is -2.57. The number of aliphatic hydroxyl groups is 1. The number of rotatable bonds is 4. The largest absolute Gasteiger partial charge is 0.490 e. The van der Waals surface area contributed by atoms with Crippen molar-refractivity contribution < 1.29 is 19.4 Å². The van der Waals surface area contributed by atoms with E-state index < -0.39 is 17.4 Å². The molecule has 2 heterocycles. The van der Waals surface area contributed by atoms with Crippen molar-refractivity contribution in [2.24, 2.45) is 0 Å². The predicted octanol–water partition coefficient (Wildman–Crippen LogP) is 6.56. The average molecular weight is 586 g/mol. The lowest BCUT2D eigenvalue weighted by Gasteiger charge is -2.46. The van der Waals surface area contributed by atoms with Gasteiger partial charge in [-0.1, -0.05) is 53.0 Å². The van der Waals surface area contributed by atoms with Gasteiger partial charge in [0.2, 0.25) is 11.8 Å². The van der Waals surface area contributed by atoms with Crippen molar-refractivity contribution in [3.63, 3.8) is 0 Å². The summed E-state index contributed by atoms with van der Waals surface area (Å²) in [6.07, 6.45) is 2.39. The molecule has 6 rings (SSSR count). The van der Waals surface area contributed by atoms with Gasteiger partial charge in [0.1, 0.15) is 11.2 Å². The van der Waals surface area contributed by atoms with Crippen LogP contribution < -0.4 is 15.4 Å². The first-order valence-electron chi connectivity index (χ1n) is 13.1. The number of halogens is 3. The molecule has 2 amide bonds. The average Bonchev–Trinajstić information content (AvgIpc) is 3.18. The van der Waals surface area contributed by atoms with Crippen molar-refractivity contribution in [2.45, 2.75) is 61.7 Å². The van der Waals surface area contributed by atoms with E-state index in [2.05, 4.69) is 10.6 Å². The van der Waals surface area contributed by atoms with Crippen LogP contribution in [-0.4, -0.2) is 29.1 Å². The molecule has 0 aromatic heterocycles. The van der Waals surface area contributed by atoms with Crippen LogP contribution in [0, 0.1) is 0 Å². The van der Waals surface area contributed by atoms with E-state index in [1.54, 1.807) is 36.4 Å². The van der Waals surface area contributed by atoms with Gasteiger partial charge in [0.05, 0.1) is 18.2 Å². The molecule has 0 radical (unpaired) electrons. The van der Waals surface area contributed by atoms with Crippen LogP contribution in [0.4, 0.5) is 5.69 Å². The highest BCUT2D eigenvalue weighted by atomic mass is 35.5. The van der Waals surface area contributed by atoms with Crippen LogP contribution in [0.15, 0.2) is 60.7 Å². The summed E-state index contributed by atoms with van der Waals surface area (Å²) >= 11 is 19.2. The van der Waals surface area contributed by atoms with Crippen LogP contribution in [-0.2, 0) is 15.0 Å². The van der Waals surface area contributed by atoms with Crippen molar-refractivity contribution in [1.29, 1.82) is 0 Å². The van der Waals surface area contributed by atoms with E-state index in [1.807, 2.05) is 24.3 Å². The minimum Gasteiger partial charge on any atom is -0.490 e. The SMILES string of the molecule is O=C1CC(c2cccc(Cl)c2)C2(C(=O)Nc3cc(Cl)ccc32)C(c2cc(Cl)ccc2OC2CCC(O)CC2)N1. The number of carbonyl (C=O) groups excluding carboxylic acids is 2. The number of amides is 2. The fourth-order valence-corrected chi connectivity index (χ4v) is 7.02. The molecule has 39 heavy (non-hydrogen) atoms. The molecule has 1 spiro atoms. The van der Waals surface area contributed by atoms with E-state index in [1.165, 1.54) is 0 Å². The molecule has 2 fully saturated rings. The van der Waals surface area contributed by atoms with E-state index in [4.69, 9.17) is 39.5 Å². The zero-order valence-corrected chi connectivity index (χ0v) is 23.2. The predicted molar refractivity (Wildman–Crippen MR) is 152 cm³/mol. The topological polar surface area (TPSA) is 87.7 Å². The Hall–Kier alpha value is -2.77. The fourth-order valence-electron chi connectivity index (χ4n) is 6.46. The number of fused-ring (bicyclic) bond motifs is 2. The van der Waals surface area contributed by atoms with Crippen LogP contribution in [0.1, 0.15) is 60.8 Å². The molecule has 3 N–H and O–H groups in total. The minimum atomic E-state index is -1.23. The second kappa shape index (κ2) is 10.3. The molecule has 3 aromatic rings. The summed E-state index contributed by atoms with van der Waals surface area (Å²) in [5.41, 5.74) is 1.51. The van der Waals surface area contributed by atoms with Crippen LogP contribution in [0.2, 0.25) is 15.1 Å². The second-order valence-electron chi connectivity index (χ2n) is 10.6. The third kappa shape index (κ3) is 4.67. The Morgan fingerprint density at radius 1 is 0.872 bits per heavy atom. The van der Waals surface area contributed by atoms with Gasteiger partial charge >= 0.3 is 0 Å². The number of anilines is 1. The first-order chi connectivity index (χ1) is 18.8. The normalized spacial score (nSPS) is 28.1. The highest BCUT2D eigenvalue weighted by molar-refractivity contribution is 6.31. The molecule has 6 nitrogen and oxygen atoms in total. The summed E-state index contributed by atoms with van der Waals surface area (Å²) in [6, 6.07) is 17.2. The summed E-state index contributed by atoms with van der Waals surface area (Å²) in [5.74, 6) is -0.430. The summed E-state index contributed by atoms with van der Waals surface area (Å²) < 4.78 is 6.49. The van der Waals surface area contributed by atoms with Gasteiger partial charge in [-0.25, -0.2) is 0 Å². The molecule has 0 bridgehead atoms. The molecule has 1 saturated heterocycles. The highest BCUT2D eigenvalue weighted by Crippen LogP contribution is 2.58. The lowest BCUT2D eigenvalue weighted by molar-refractivity contribution is -0.131. The van der Waals surface area contributed by atoms with Crippen LogP contribution in [0.5, 0.6) is 5.75 Å². The third-order valence-electron chi connectivity index (χ3n) is 8.22. The molecular formula is C30H27Cl3N2O4. The number of ether oxygens (including phenoxy) is 1. The van der Waals surface area contributed by atoms with Gasteiger partial charge in [0.25, 0.3) is 0 Å². The number of nitrogens with one attached hydrogen (secondary N) is 2. The summed E-state index contributed by atoms with van der Waals surface area (Å²) in [4.78, 5) is 27.6. The molecule has 3 atom stereocenters. The first-order valence-corrected chi connectivity index (χ1v) is 14.2. The van der Waals surface area contributed by atoms with Crippen LogP contribution >= 0.6 is 34.8 Å². The number of piperidine rings is 1. The molecule has 202 valence electrons. The standard InChI is InChI=1S/C30H27Cl3N2O4/c31-17-3-1-2-16(12-17)24-15-27(37)35-28(30(24)23-10-4-19(33)14-25(23)34-29(30)38)22-13-18(32)5-11-26(22)39-21-8-6-20(36)7-9-21/h1-5,10-14,20-21,24,28,36H,6-9,15H2,(H,34,38)(H,35,37). The van der Waals surface area contributed by atoms with Gasteiger partial charge in [0.15, 0.2) is 0 Å². The van der Waals surface area contributed by atoms with Gasteiger partial charge in [0, 0.05) is 38.7 Å². The van der Waals surface area contributed by atoms with Gasteiger partial charge in [-0.2, -0.15) is 0 Å². The monoisotopic (exact) mass is 584 g/mol. The third-order valence-corrected chi connectivity index (χ3v) is 8.93. The molecule has 3 unspecified atom stereocenters. The Labute approximate surface area is 241 Å². The van der Waals surface area contributed by atoms with Gasteiger partial charge < -0.3 is 20.5 Å². The fraction of sp³-hybridized carbons (Fsp3) is 0.333. The quantitative estimate of drug-likeness (QED) is 0.323. The number of aliphatic hydroxyl groups excluding tert-OH is 1. The molecule has 3 aromatic carbocycles. The molecular weight excluding hydrogens is 559 g/mol. The molecule has 1 saturated carbocycles. The van der Waals surface area contributed by atoms with E-state index in [0.29, 0.717) is 57.8 Å². The Morgan fingerprint density at radius 3 is 2.36 bits per heavy atom. The van der Waals surface area contributed by atoms with Crippen molar-refractivity contribution in [1.82, 2.24) is 5.32 Å². The maximum absolute atomic E-state index is 14.3. The van der Waals surface area contributed by atoms with Gasteiger partial charge in [-0.3, -0.25) is 9.59 Å². The van der Waals surface area contributed by atoms with E-state index in [-0.39, 0.29) is 30.4 Å². The van der Waals surface area contributed by atoms with E-state index in [9.17, 15) is 14.7 Å². The molecule has 1 aliphatic carbocycles. The smallest absolute Gasteiger partial charge is 0.238 e. The Morgan fingerprint density at radius 2 is 1.59 bits per heavy atom. The maximum Gasteiger partial charge on any atom is 0.238 e. The van der Waals surface area contributed by atoms with Crippen molar-refractivity contribution >= 4 is 52.3 Å². The summed E-state index contributed by atoms with van der Waals surface area (Å²) in [7, 11) is 0. The molecule has 2 aliphatic heterocycles. The van der Waals surface area contributed by atoms with Crippen LogP contribution in [0.25, 0.3) is 0 Å². The Bertz CT molecular complexity index is 1460. The minimum absolute atomic E-state index is 0.0869. The van der Waals surface area contributed by atoms with Crippen molar-refractivity contribution in [2.75, 3.05) is 5.32 Å². The maximum atomic E-state index is 14.3. The van der Waals surface area contributed by atoms with Crippen molar-refractivity contribution in [3.05, 3.63) is 92.4 Å². The molecule has 3 aliphatic rings. The zero-order chi connectivity index (χ0) is 27.3. The second-order valence-corrected chi connectivity index (χ2v) is 11.9. The van der Waals surface area contributed by atoms with Crippen LogP contribution in [0.3, 0.4) is 0 Å². The lowest BCUT2D eigenvalue weighted by atomic mass is 9.59. The number of hydrogen-bond acceptors (Lipinski definition) is 4. The summed E-state index contributed by atoms with van der Waals surface area (Å²) in [6.45, 7) is 0. The van der Waals surface area contributed by atoms with Gasteiger partial charge in [-0.15, -0.1) is 0 Å². The Kier molecular flexibility index (Phi) is 7.00. The number of carbonyl (C=O) groups is 2.